The number of hydrogen-bond acceptors (Lipinski definition) is 6. The Morgan fingerprint density at radius 2 is 1.50 bits per heavy atom. The Balaban J connectivity index is 1.54. The highest BCUT2D eigenvalue weighted by atomic mass is 32.2. The molecule has 0 aliphatic carbocycles. The van der Waals surface area contributed by atoms with E-state index in [4.69, 9.17) is 0 Å². The zero-order valence-corrected chi connectivity index (χ0v) is 20.0. The van der Waals surface area contributed by atoms with E-state index in [0.717, 1.165) is 22.5 Å². The first-order valence-corrected chi connectivity index (χ1v) is 13.1. The molecule has 0 spiro atoms. The molecule has 0 saturated heterocycles. The summed E-state index contributed by atoms with van der Waals surface area (Å²) < 4.78 is 25.1. The van der Waals surface area contributed by atoms with Crippen LogP contribution in [0.25, 0.3) is 11.3 Å². The summed E-state index contributed by atoms with van der Waals surface area (Å²) in [5, 5.41) is 2.91. The molecule has 1 heterocycles. The topological polar surface area (TPSA) is 93.2 Å². The van der Waals surface area contributed by atoms with Crippen molar-refractivity contribution >= 4 is 38.0 Å². The molecule has 0 bridgehead atoms. The molecular formula is C26H22N2O4S2. The van der Waals surface area contributed by atoms with E-state index in [-0.39, 0.29) is 28.0 Å². The first kappa shape index (κ1) is 23.5. The largest absolute Gasteiger partial charge is 0.302 e. The normalized spacial score (nSPS) is 11.2. The van der Waals surface area contributed by atoms with Crippen molar-refractivity contribution in [3.05, 3.63) is 101 Å². The third-order valence-electron chi connectivity index (χ3n) is 5.14. The second-order valence-corrected chi connectivity index (χ2v) is 10.8. The smallest absolute Gasteiger partial charge is 0.227 e. The number of amides is 1. The summed E-state index contributed by atoms with van der Waals surface area (Å²) >= 11 is 1.07. The SMILES string of the molecule is Cc1ccc(S(=O)(=O)CCC(=O)Nc2nc(-c3ccccc3)c(C(=O)c3ccccc3)s2)cc1. The summed E-state index contributed by atoms with van der Waals surface area (Å²) in [5.41, 5.74) is 2.70. The summed E-state index contributed by atoms with van der Waals surface area (Å²) in [6.07, 6.45) is -0.224. The van der Waals surface area contributed by atoms with Crippen molar-refractivity contribution in [1.82, 2.24) is 4.98 Å². The monoisotopic (exact) mass is 490 g/mol. The molecule has 0 unspecified atom stereocenters. The molecule has 0 atom stereocenters. The number of thiazole rings is 1. The number of carbonyl (C=O) groups is 2. The Morgan fingerprint density at radius 3 is 2.15 bits per heavy atom. The van der Waals surface area contributed by atoms with Crippen molar-refractivity contribution in [1.29, 1.82) is 0 Å². The fraction of sp³-hybridized carbons (Fsp3) is 0.115. The average molecular weight is 491 g/mol. The first-order chi connectivity index (χ1) is 16.3. The van der Waals surface area contributed by atoms with Crippen molar-refractivity contribution in [2.45, 2.75) is 18.2 Å². The molecule has 1 N–H and O–H groups in total. The molecule has 0 aliphatic heterocycles. The fourth-order valence-electron chi connectivity index (χ4n) is 3.31. The van der Waals surface area contributed by atoms with Gasteiger partial charge in [-0.05, 0) is 19.1 Å². The molecule has 0 saturated carbocycles. The number of aromatic nitrogens is 1. The molecule has 172 valence electrons. The van der Waals surface area contributed by atoms with Gasteiger partial charge >= 0.3 is 0 Å². The van der Waals surface area contributed by atoms with E-state index >= 15 is 0 Å². The molecule has 4 rings (SSSR count). The maximum absolute atomic E-state index is 13.2. The zero-order valence-electron chi connectivity index (χ0n) is 18.4. The van der Waals surface area contributed by atoms with E-state index in [1.54, 1.807) is 36.4 Å². The van der Waals surface area contributed by atoms with Crippen LogP contribution in [0.2, 0.25) is 0 Å². The fourth-order valence-corrected chi connectivity index (χ4v) is 5.52. The highest BCUT2D eigenvalue weighted by molar-refractivity contribution is 7.91. The quantitative estimate of drug-likeness (QED) is 0.345. The molecule has 1 amide bonds. The van der Waals surface area contributed by atoms with Crippen molar-refractivity contribution in [2.75, 3.05) is 11.1 Å². The summed E-state index contributed by atoms with van der Waals surface area (Å²) in [7, 11) is -3.59. The maximum Gasteiger partial charge on any atom is 0.227 e. The van der Waals surface area contributed by atoms with Crippen LogP contribution in [-0.4, -0.2) is 30.8 Å². The van der Waals surface area contributed by atoms with Gasteiger partial charge in [0.25, 0.3) is 0 Å². The highest BCUT2D eigenvalue weighted by Crippen LogP contribution is 2.33. The molecule has 3 aromatic carbocycles. The Labute approximate surface area is 202 Å². The molecule has 6 nitrogen and oxygen atoms in total. The third kappa shape index (κ3) is 5.47. The van der Waals surface area contributed by atoms with E-state index in [1.165, 1.54) is 12.1 Å². The van der Waals surface area contributed by atoms with Gasteiger partial charge in [-0.3, -0.25) is 9.59 Å². The van der Waals surface area contributed by atoms with Crippen LogP contribution in [-0.2, 0) is 14.6 Å². The minimum absolute atomic E-state index is 0.183. The molecular weight excluding hydrogens is 468 g/mol. The van der Waals surface area contributed by atoms with Gasteiger partial charge in [-0.1, -0.05) is 89.7 Å². The minimum Gasteiger partial charge on any atom is -0.302 e. The van der Waals surface area contributed by atoms with Crippen LogP contribution in [0.5, 0.6) is 0 Å². The lowest BCUT2D eigenvalue weighted by atomic mass is 10.1. The van der Waals surface area contributed by atoms with E-state index < -0.39 is 15.7 Å². The Bertz CT molecular complexity index is 1410. The lowest BCUT2D eigenvalue weighted by Gasteiger charge is -2.05. The summed E-state index contributed by atoms with van der Waals surface area (Å²) in [4.78, 5) is 30.8. The minimum atomic E-state index is -3.59. The predicted molar refractivity (Wildman–Crippen MR) is 134 cm³/mol. The predicted octanol–water partition coefficient (Wildman–Crippen LogP) is 5.15. The lowest BCUT2D eigenvalue weighted by Crippen LogP contribution is -2.17. The second-order valence-electron chi connectivity index (χ2n) is 7.69. The van der Waals surface area contributed by atoms with Gasteiger partial charge in [0.1, 0.15) is 4.88 Å². The number of aryl methyl sites for hydroxylation is 1. The first-order valence-electron chi connectivity index (χ1n) is 10.6. The van der Waals surface area contributed by atoms with Crippen LogP contribution in [0, 0.1) is 6.92 Å². The van der Waals surface area contributed by atoms with Crippen molar-refractivity contribution in [3.8, 4) is 11.3 Å². The maximum atomic E-state index is 13.2. The molecule has 34 heavy (non-hydrogen) atoms. The van der Waals surface area contributed by atoms with Crippen LogP contribution in [0.1, 0.15) is 27.2 Å². The Hall–Kier alpha value is -3.62. The van der Waals surface area contributed by atoms with Crippen LogP contribution in [0.3, 0.4) is 0 Å². The highest BCUT2D eigenvalue weighted by Gasteiger charge is 2.22. The average Bonchev–Trinajstić information content (AvgIpc) is 3.27. The number of rotatable bonds is 8. The molecule has 1 aromatic heterocycles. The number of anilines is 1. The standard InChI is InChI=1S/C26H22N2O4S2/c1-18-12-14-21(15-13-18)34(31,32)17-16-22(29)27-26-28-23(19-8-4-2-5-9-19)25(33-26)24(30)20-10-6-3-7-11-20/h2-15H,16-17H2,1H3,(H,27,28,29). The summed E-state index contributed by atoms with van der Waals surface area (Å²) in [6.45, 7) is 1.87. The molecule has 0 fully saturated rings. The van der Waals surface area contributed by atoms with Gasteiger partial charge in [-0.2, -0.15) is 0 Å². The molecule has 0 radical (unpaired) electrons. The van der Waals surface area contributed by atoms with Crippen LogP contribution < -0.4 is 5.32 Å². The Morgan fingerprint density at radius 1 is 0.882 bits per heavy atom. The van der Waals surface area contributed by atoms with Gasteiger partial charge in [-0.25, -0.2) is 13.4 Å². The van der Waals surface area contributed by atoms with E-state index in [1.807, 2.05) is 43.3 Å². The van der Waals surface area contributed by atoms with E-state index in [9.17, 15) is 18.0 Å². The second kappa shape index (κ2) is 10.1. The Kier molecular flexibility index (Phi) is 7.00. The van der Waals surface area contributed by atoms with E-state index in [0.29, 0.717) is 16.1 Å². The van der Waals surface area contributed by atoms with Gasteiger partial charge in [0.05, 0.1) is 16.3 Å². The van der Waals surface area contributed by atoms with Gasteiger partial charge in [0, 0.05) is 17.5 Å². The lowest BCUT2D eigenvalue weighted by molar-refractivity contribution is -0.115. The zero-order chi connectivity index (χ0) is 24.1. The molecule has 8 heteroatoms. The number of nitrogens with zero attached hydrogens (tertiary/aromatic N) is 1. The van der Waals surface area contributed by atoms with Crippen molar-refractivity contribution < 1.29 is 18.0 Å². The van der Waals surface area contributed by atoms with Gasteiger partial charge in [0.15, 0.2) is 15.0 Å². The number of nitrogens with one attached hydrogen (secondary N) is 1. The number of ketones is 1. The molecule has 4 aromatic rings. The van der Waals surface area contributed by atoms with Crippen molar-refractivity contribution in [2.24, 2.45) is 0 Å². The van der Waals surface area contributed by atoms with E-state index in [2.05, 4.69) is 10.3 Å². The number of benzene rings is 3. The number of carbonyl (C=O) groups excluding carboxylic acids is 2. The summed E-state index contributed by atoms with van der Waals surface area (Å²) in [6, 6.07) is 24.6. The van der Waals surface area contributed by atoms with Gasteiger partial charge in [-0.15, -0.1) is 0 Å². The van der Waals surface area contributed by atoms with Crippen molar-refractivity contribution in [3.63, 3.8) is 0 Å². The van der Waals surface area contributed by atoms with Crippen LogP contribution in [0.4, 0.5) is 5.13 Å². The third-order valence-corrected chi connectivity index (χ3v) is 7.84. The van der Waals surface area contributed by atoms with Gasteiger partial charge < -0.3 is 5.32 Å². The number of hydrogen-bond donors (Lipinski definition) is 1. The van der Waals surface area contributed by atoms with Gasteiger partial charge in [0.2, 0.25) is 11.7 Å². The van der Waals surface area contributed by atoms with Crippen LogP contribution >= 0.6 is 11.3 Å². The summed E-state index contributed by atoms with van der Waals surface area (Å²) in [5.74, 6) is -1.00. The molecule has 0 aliphatic rings. The van der Waals surface area contributed by atoms with Crippen LogP contribution in [0.15, 0.2) is 89.8 Å². The number of sulfone groups is 1.